The van der Waals surface area contributed by atoms with E-state index in [0.717, 1.165) is 38.7 Å². The molecule has 2 heterocycles. The summed E-state index contributed by atoms with van der Waals surface area (Å²) >= 11 is 7.19. The molecule has 0 amide bonds. The van der Waals surface area contributed by atoms with Crippen LogP contribution in [-0.4, -0.2) is 49.5 Å². The van der Waals surface area contributed by atoms with Crippen LogP contribution in [0.5, 0.6) is 0 Å². The van der Waals surface area contributed by atoms with Gasteiger partial charge in [0.1, 0.15) is 0 Å². The lowest BCUT2D eigenvalue weighted by molar-refractivity contribution is -0.0286. The molecule has 2 aromatic heterocycles. The number of hydrogen-bond acceptors (Lipinski definition) is 4. The van der Waals surface area contributed by atoms with Crippen LogP contribution in [0.3, 0.4) is 0 Å². The number of ether oxygens (including phenoxy) is 2. The van der Waals surface area contributed by atoms with Crippen molar-refractivity contribution in [1.82, 2.24) is 9.97 Å². The molecule has 0 saturated carbocycles. The zero-order valence-corrected chi connectivity index (χ0v) is 34.0. The van der Waals surface area contributed by atoms with Crippen LogP contribution in [0.1, 0.15) is 65.8 Å². The highest BCUT2D eigenvalue weighted by Gasteiger charge is 2.50. The Hall–Kier alpha value is -2.59. The maximum absolute atomic E-state index is 7.48. The summed E-state index contributed by atoms with van der Waals surface area (Å²) in [5, 5.41) is 4.49. The zero-order valence-electron chi connectivity index (χ0n) is 29.9. The summed E-state index contributed by atoms with van der Waals surface area (Å²) in [6.45, 7) is 17.5. The highest BCUT2D eigenvalue weighted by Crippen LogP contribution is 2.41. The molecule has 0 saturated heterocycles. The minimum Gasteiger partial charge on any atom is -0.407 e. The summed E-state index contributed by atoms with van der Waals surface area (Å²) in [5.74, 6) is 0. The molecule has 49 heavy (non-hydrogen) atoms. The minimum absolute atomic E-state index is 0.00973. The molecule has 1 N–H and O–H groups in total. The number of fused-ring (bicyclic) bond motifs is 1. The van der Waals surface area contributed by atoms with Gasteiger partial charge in [-0.2, -0.15) is 0 Å². The Morgan fingerprint density at radius 1 is 0.837 bits per heavy atom. The molecule has 0 aliphatic carbocycles. The fourth-order valence-corrected chi connectivity index (χ4v) is 12.1. The first-order valence-electron chi connectivity index (χ1n) is 17.2. The van der Waals surface area contributed by atoms with E-state index in [0.29, 0.717) is 19.8 Å². The topological polar surface area (TPSA) is 56.4 Å². The zero-order chi connectivity index (χ0) is 35.2. The fraction of sp³-hybridized carbons (Fsp3) is 0.390. The van der Waals surface area contributed by atoms with Crippen LogP contribution in [0, 0.1) is 5.41 Å². The lowest BCUT2D eigenvalue weighted by atomic mass is 9.84. The van der Waals surface area contributed by atoms with Crippen molar-refractivity contribution in [2.24, 2.45) is 5.41 Å². The van der Waals surface area contributed by atoms with E-state index in [4.69, 9.17) is 18.9 Å². The predicted molar refractivity (Wildman–Crippen MR) is 214 cm³/mol. The van der Waals surface area contributed by atoms with E-state index in [9.17, 15) is 0 Å². The number of aromatic nitrogens is 2. The lowest BCUT2D eigenvalue weighted by Gasteiger charge is -2.44. The molecule has 0 bridgehead atoms. The standard InChI is InChI=1S/C41H50Br2N2O3Si/c1-29(46-24-22-42)27-47-30(2)38-34(19-14-23-44-38)39-36(35-25-31(43)20-21-37(35)45-39)26-41(6,7)28-48-49(40(3,4)5,32-15-10-8-11-16-32)33-17-12-9-13-18-33/h8-21,23,25,29-30,45H,22,24,26-28H2,1-7H3/t29-,30-/m0/s1. The molecular formula is C41H50Br2N2O3Si. The Labute approximate surface area is 310 Å². The minimum atomic E-state index is -2.71. The van der Waals surface area contributed by atoms with Crippen LogP contribution < -0.4 is 10.4 Å². The van der Waals surface area contributed by atoms with Crippen LogP contribution in [0.4, 0.5) is 0 Å². The van der Waals surface area contributed by atoms with Crippen LogP contribution in [0.2, 0.25) is 5.04 Å². The first kappa shape index (κ1) is 37.7. The smallest absolute Gasteiger partial charge is 0.261 e. The summed E-state index contributed by atoms with van der Waals surface area (Å²) in [6.07, 6.45) is 2.43. The third-order valence-electron chi connectivity index (χ3n) is 9.17. The summed E-state index contributed by atoms with van der Waals surface area (Å²) in [4.78, 5) is 8.65. The monoisotopic (exact) mass is 804 g/mol. The first-order valence-corrected chi connectivity index (χ1v) is 21.0. The average Bonchev–Trinajstić information content (AvgIpc) is 3.43. The van der Waals surface area contributed by atoms with Crippen LogP contribution in [0.15, 0.2) is 102 Å². The highest BCUT2D eigenvalue weighted by atomic mass is 79.9. The molecule has 0 aliphatic rings. The van der Waals surface area contributed by atoms with E-state index in [1.165, 1.54) is 21.3 Å². The molecule has 3 aromatic carbocycles. The number of H-pyrrole nitrogens is 1. The SMILES string of the molecule is C[C@H](OC[C@H](C)OCCBr)c1ncccc1-c1[nH]c2ccc(Br)cc2c1CC(C)(C)CO[Si](c1ccccc1)(c1ccccc1)C(C)(C)C. The van der Waals surface area contributed by atoms with E-state index in [-0.39, 0.29) is 22.7 Å². The molecule has 260 valence electrons. The Kier molecular flexibility index (Phi) is 12.4. The van der Waals surface area contributed by atoms with Crippen LogP contribution >= 0.6 is 31.9 Å². The lowest BCUT2D eigenvalue weighted by Crippen LogP contribution is -2.67. The fourth-order valence-electron chi connectivity index (χ4n) is 6.83. The van der Waals surface area contributed by atoms with Gasteiger partial charge in [0.05, 0.1) is 36.8 Å². The van der Waals surface area contributed by atoms with Gasteiger partial charge in [-0.15, -0.1) is 0 Å². The highest BCUT2D eigenvalue weighted by molar-refractivity contribution is 9.10. The van der Waals surface area contributed by atoms with Crippen molar-refractivity contribution in [3.8, 4) is 11.3 Å². The first-order chi connectivity index (χ1) is 23.4. The number of rotatable bonds is 15. The molecule has 0 unspecified atom stereocenters. The summed E-state index contributed by atoms with van der Waals surface area (Å²) in [6, 6.07) is 32.4. The van der Waals surface area contributed by atoms with Crippen molar-refractivity contribution in [2.75, 3.05) is 25.2 Å². The maximum Gasteiger partial charge on any atom is 0.261 e. The van der Waals surface area contributed by atoms with Gasteiger partial charge in [0.15, 0.2) is 0 Å². The van der Waals surface area contributed by atoms with Crippen molar-refractivity contribution in [1.29, 1.82) is 0 Å². The molecule has 0 radical (unpaired) electrons. The van der Waals surface area contributed by atoms with Gasteiger partial charge in [0.25, 0.3) is 8.32 Å². The van der Waals surface area contributed by atoms with Crippen molar-refractivity contribution < 1.29 is 13.9 Å². The number of halogens is 2. The third-order valence-corrected chi connectivity index (χ3v) is 15.0. The Morgan fingerprint density at radius 2 is 1.49 bits per heavy atom. The summed E-state index contributed by atoms with van der Waals surface area (Å²) in [7, 11) is -2.71. The van der Waals surface area contributed by atoms with E-state index in [1.807, 2.05) is 19.2 Å². The molecule has 0 spiro atoms. The largest absolute Gasteiger partial charge is 0.407 e. The maximum atomic E-state index is 7.48. The molecule has 0 aliphatic heterocycles. The number of alkyl halides is 1. The van der Waals surface area contributed by atoms with E-state index in [2.05, 4.69) is 163 Å². The number of nitrogens with one attached hydrogen (secondary N) is 1. The van der Waals surface area contributed by atoms with E-state index < -0.39 is 8.32 Å². The number of benzene rings is 3. The number of pyridine rings is 1. The Morgan fingerprint density at radius 3 is 2.10 bits per heavy atom. The molecule has 5 nitrogen and oxygen atoms in total. The van der Waals surface area contributed by atoms with Gasteiger partial charge in [-0.25, -0.2) is 0 Å². The van der Waals surface area contributed by atoms with E-state index in [1.54, 1.807) is 0 Å². The molecular weight excluding hydrogens is 756 g/mol. The Balaban J connectivity index is 1.52. The second kappa shape index (κ2) is 16.2. The van der Waals surface area contributed by atoms with Gasteiger partial charge in [0, 0.05) is 39.1 Å². The summed E-state index contributed by atoms with van der Waals surface area (Å²) in [5.41, 5.74) is 5.18. The molecule has 5 rings (SSSR count). The van der Waals surface area contributed by atoms with Crippen molar-refractivity contribution >= 4 is 61.5 Å². The van der Waals surface area contributed by atoms with Crippen LogP contribution in [0.25, 0.3) is 22.2 Å². The van der Waals surface area contributed by atoms with E-state index >= 15 is 0 Å². The van der Waals surface area contributed by atoms with Crippen molar-refractivity contribution in [3.63, 3.8) is 0 Å². The second-order valence-electron chi connectivity index (χ2n) is 14.7. The number of aromatic amines is 1. The summed E-state index contributed by atoms with van der Waals surface area (Å²) < 4.78 is 20.7. The third kappa shape index (κ3) is 8.66. The second-order valence-corrected chi connectivity index (χ2v) is 20.8. The van der Waals surface area contributed by atoms with Gasteiger partial charge < -0.3 is 18.9 Å². The molecule has 2 atom stereocenters. The average molecular weight is 807 g/mol. The van der Waals surface area contributed by atoms with Gasteiger partial charge in [-0.05, 0) is 77.0 Å². The van der Waals surface area contributed by atoms with Gasteiger partial charge >= 0.3 is 0 Å². The quantitative estimate of drug-likeness (QED) is 0.0846. The van der Waals surface area contributed by atoms with Gasteiger partial charge in [-0.3, -0.25) is 4.98 Å². The van der Waals surface area contributed by atoms with Crippen molar-refractivity contribution in [3.05, 3.63) is 113 Å². The van der Waals surface area contributed by atoms with Crippen molar-refractivity contribution in [2.45, 2.75) is 72.1 Å². The molecule has 8 heteroatoms. The molecule has 5 aromatic rings. The predicted octanol–water partition coefficient (Wildman–Crippen LogP) is 10.0. The number of hydrogen-bond donors (Lipinski definition) is 1. The number of nitrogens with zero attached hydrogens (tertiary/aromatic N) is 1. The molecule has 0 fully saturated rings. The normalized spacial score (nSPS) is 13.9. The van der Waals surface area contributed by atoms with Gasteiger partial charge in [-0.1, -0.05) is 127 Å². The van der Waals surface area contributed by atoms with Gasteiger partial charge in [0.2, 0.25) is 0 Å². The Bertz CT molecular complexity index is 1770. The van der Waals surface area contributed by atoms with Crippen LogP contribution in [-0.2, 0) is 20.3 Å².